The summed E-state index contributed by atoms with van der Waals surface area (Å²) in [5.41, 5.74) is 9.16. The van der Waals surface area contributed by atoms with Gasteiger partial charge in [-0.3, -0.25) is 38.8 Å². The lowest BCUT2D eigenvalue weighted by atomic mass is 10.0. The third kappa shape index (κ3) is 11.4. The lowest BCUT2D eigenvalue weighted by Crippen LogP contribution is -2.33. The van der Waals surface area contributed by atoms with Gasteiger partial charge in [0.1, 0.15) is 23.3 Å². The molecule has 20 nitrogen and oxygen atoms in total. The highest BCUT2D eigenvalue weighted by Crippen LogP contribution is 2.43. The van der Waals surface area contributed by atoms with Crippen LogP contribution in [-0.4, -0.2) is 145 Å². The molecule has 0 spiro atoms. The van der Waals surface area contributed by atoms with Crippen molar-refractivity contribution in [3.8, 4) is 44.5 Å². The molecule has 0 fully saturated rings. The van der Waals surface area contributed by atoms with Crippen molar-refractivity contribution < 1.29 is 38.1 Å². The number of carbonyl (C=O) groups excluding carboxylic acids is 4. The molecule has 0 saturated carbocycles. The number of hydrogen-bond donors (Lipinski definition) is 2. The SMILES string of the molecule is COCCN(C(C)=O)c1ncccc1-c1c2nc(c(-c3cccnc3N(CCOC)C(C)=O)c3ccc([nH]3)c(-c3cccnc3N(CCOC)C(C)=O)c3nc(c(-c4cccnc4N(CCOC)C(C)=O)c4ccc1[nH]4)C=C3)C=C2. The molecule has 410 valence electrons. The fourth-order valence-corrected chi connectivity index (χ4v) is 9.95. The number of aromatic nitrogens is 8. The molecule has 2 N–H and O–H groups in total. The van der Waals surface area contributed by atoms with Gasteiger partial charge in [-0.2, -0.15) is 0 Å². The summed E-state index contributed by atoms with van der Waals surface area (Å²) >= 11 is 0. The van der Waals surface area contributed by atoms with Crippen LogP contribution in [0.5, 0.6) is 0 Å². The summed E-state index contributed by atoms with van der Waals surface area (Å²) in [5, 5.41) is 0. The van der Waals surface area contributed by atoms with Gasteiger partial charge < -0.3 is 28.9 Å². The maximum atomic E-state index is 13.6. The summed E-state index contributed by atoms with van der Waals surface area (Å²) in [6.45, 7) is 7.79. The lowest BCUT2D eigenvalue weighted by Gasteiger charge is -2.23. The molecule has 80 heavy (non-hydrogen) atoms. The highest BCUT2D eigenvalue weighted by molar-refractivity contribution is 6.07. The number of rotatable bonds is 20. The quantitative estimate of drug-likeness (QED) is 0.0727. The number of amides is 4. The minimum absolute atomic E-state index is 0.216. The molecule has 0 aromatic carbocycles. The van der Waals surface area contributed by atoms with E-state index in [1.165, 1.54) is 27.7 Å². The Morgan fingerprint density at radius 3 is 0.800 bits per heavy atom. The number of anilines is 4. The van der Waals surface area contributed by atoms with E-state index in [1.54, 1.807) is 72.8 Å². The Bertz CT molecular complexity index is 3250. The van der Waals surface area contributed by atoms with Crippen molar-refractivity contribution in [1.29, 1.82) is 0 Å². The molecule has 9 heterocycles. The summed E-state index contributed by atoms with van der Waals surface area (Å²) in [6.07, 6.45) is 14.2. The Kier molecular flexibility index (Phi) is 17.5. The molecule has 7 aromatic rings. The van der Waals surface area contributed by atoms with E-state index in [1.807, 2.05) is 97.1 Å². The van der Waals surface area contributed by atoms with Crippen LogP contribution in [0.2, 0.25) is 0 Å². The minimum Gasteiger partial charge on any atom is -0.383 e. The second-order valence-electron chi connectivity index (χ2n) is 18.7. The van der Waals surface area contributed by atoms with E-state index in [4.69, 9.17) is 48.9 Å². The molecule has 0 atom stereocenters. The number of aromatic amines is 2. The van der Waals surface area contributed by atoms with Gasteiger partial charge in [-0.1, -0.05) is 0 Å². The summed E-state index contributed by atoms with van der Waals surface area (Å²) in [4.78, 5) is 98.5. The van der Waals surface area contributed by atoms with Crippen molar-refractivity contribution in [3.63, 3.8) is 0 Å². The van der Waals surface area contributed by atoms with E-state index in [0.717, 1.165) is 0 Å². The van der Waals surface area contributed by atoms with Crippen molar-refractivity contribution >= 4 is 93.3 Å². The first-order valence-electron chi connectivity index (χ1n) is 25.9. The van der Waals surface area contributed by atoms with Gasteiger partial charge in [0, 0.05) is 147 Å². The molecule has 2 aliphatic rings. The fourth-order valence-electron chi connectivity index (χ4n) is 9.95. The second-order valence-corrected chi connectivity index (χ2v) is 18.7. The predicted molar refractivity (Wildman–Crippen MR) is 311 cm³/mol. The van der Waals surface area contributed by atoms with Crippen LogP contribution < -0.4 is 19.6 Å². The van der Waals surface area contributed by atoms with E-state index in [9.17, 15) is 19.2 Å². The van der Waals surface area contributed by atoms with Crippen LogP contribution in [0.15, 0.2) is 97.6 Å². The van der Waals surface area contributed by atoms with Gasteiger partial charge in [0.25, 0.3) is 0 Å². The molecule has 0 aliphatic carbocycles. The zero-order valence-electron chi connectivity index (χ0n) is 45.9. The van der Waals surface area contributed by atoms with Crippen molar-refractivity contribution in [2.45, 2.75) is 27.7 Å². The van der Waals surface area contributed by atoms with Gasteiger partial charge >= 0.3 is 0 Å². The smallest absolute Gasteiger partial charge is 0.225 e. The zero-order valence-corrected chi connectivity index (χ0v) is 45.9. The van der Waals surface area contributed by atoms with Crippen LogP contribution in [0.4, 0.5) is 23.3 Å². The average Bonchev–Trinajstić information content (AvgIpc) is 4.37. The number of ether oxygens (including phenoxy) is 4. The Hall–Kier alpha value is -9.08. The molecule has 0 saturated heterocycles. The number of nitrogens with zero attached hydrogens (tertiary/aromatic N) is 10. The van der Waals surface area contributed by atoms with Crippen LogP contribution in [0.3, 0.4) is 0 Å². The summed E-state index contributed by atoms with van der Waals surface area (Å²) in [7, 11) is 6.31. The Morgan fingerprint density at radius 1 is 0.375 bits per heavy atom. The molecular weight excluding hydrogens is 1020 g/mol. The minimum atomic E-state index is -0.246. The van der Waals surface area contributed by atoms with E-state index >= 15 is 0 Å². The second kappa shape index (κ2) is 25.1. The van der Waals surface area contributed by atoms with E-state index in [-0.39, 0.29) is 76.2 Å². The van der Waals surface area contributed by atoms with Gasteiger partial charge in [-0.15, -0.1) is 0 Å². The number of fused-ring (bicyclic) bond motifs is 8. The van der Waals surface area contributed by atoms with Gasteiger partial charge in [-0.25, -0.2) is 29.9 Å². The normalized spacial score (nSPS) is 11.7. The maximum Gasteiger partial charge on any atom is 0.225 e. The summed E-state index contributed by atoms with van der Waals surface area (Å²) < 4.78 is 21.9. The molecule has 8 bridgehead atoms. The van der Waals surface area contributed by atoms with Crippen LogP contribution in [0.25, 0.3) is 90.9 Å². The van der Waals surface area contributed by atoms with E-state index < -0.39 is 0 Å². The molecule has 7 aromatic heterocycles. The van der Waals surface area contributed by atoms with Crippen LogP contribution in [-0.2, 0) is 38.1 Å². The Balaban J connectivity index is 1.50. The molecule has 2 aliphatic heterocycles. The van der Waals surface area contributed by atoms with Gasteiger partial charge in [-0.05, 0) is 97.1 Å². The standard InChI is InChI=1S/C60H62N12O8/c1-37(73)69(29-33-77-5)57-41(13-9-25-61-57)53-45-17-19-47(65-45)54(42-14-10-26-62-58(42)70(38(2)74)30-34-78-6)49-21-23-51(67-49)56(44-16-12-28-64-60(44)72(40(4)76)32-36-80-8)52-24-22-50(68-52)55(48-20-18-46(53)66-48)43-15-11-27-63-59(43)71(39(3)75)31-35-79-7/h9-28,65,68H,29-36H2,1-8H3. The Morgan fingerprint density at radius 2 is 0.600 bits per heavy atom. The number of pyridine rings is 4. The number of carbonyl (C=O) groups is 4. The molecule has 4 amide bonds. The van der Waals surface area contributed by atoms with Crippen LogP contribution >= 0.6 is 0 Å². The van der Waals surface area contributed by atoms with Crippen LogP contribution in [0, 0.1) is 0 Å². The maximum absolute atomic E-state index is 13.6. The predicted octanol–water partition coefficient (Wildman–Crippen LogP) is 8.90. The third-order valence-corrected chi connectivity index (χ3v) is 13.6. The van der Waals surface area contributed by atoms with E-state index in [0.29, 0.717) is 113 Å². The first kappa shape index (κ1) is 55.7. The number of hydrogen-bond acceptors (Lipinski definition) is 14. The van der Waals surface area contributed by atoms with Gasteiger partial charge in [0.2, 0.25) is 23.6 Å². The molecule has 20 heteroatoms. The average molecular weight is 1080 g/mol. The van der Waals surface area contributed by atoms with Crippen LogP contribution in [0.1, 0.15) is 50.5 Å². The number of nitrogens with one attached hydrogen (secondary N) is 2. The highest BCUT2D eigenvalue weighted by atomic mass is 16.5. The summed E-state index contributed by atoms with van der Waals surface area (Å²) in [5.74, 6) is 0.536. The van der Waals surface area contributed by atoms with Crippen molar-refractivity contribution in [2.75, 3.05) is 101 Å². The largest absolute Gasteiger partial charge is 0.383 e. The van der Waals surface area contributed by atoms with Gasteiger partial charge in [0.05, 0.1) is 75.4 Å². The molecule has 9 rings (SSSR count). The monoisotopic (exact) mass is 1080 g/mol. The van der Waals surface area contributed by atoms with Crippen molar-refractivity contribution in [2.24, 2.45) is 0 Å². The first-order chi connectivity index (χ1) is 38.9. The Labute approximate surface area is 462 Å². The molecular formula is C60H62N12O8. The van der Waals surface area contributed by atoms with Crippen molar-refractivity contribution in [3.05, 3.63) is 120 Å². The fraction of sp³-hybridized carbons (Fsp3) is 0.267. The highest BCUT2D eigenvalue weighted by Gasteiger charge is 2.28. The lowest BCUT2D eigenvalue weighted by molar-refractivity contribution is -0.117. The number of methoxy groups -OCH3 is 4. The summed E-state index contributed by atoms with van der Waals surface area (Å²) in [6, 6.07) is 22.6. The molecule has 0 unspecified atom stereocenters. The topological polar surface area (TPSA) is 227 Å². The van der Waals surface area contributed by atoms with E-state index in [2.05, 4.69) is 9.97 Å². The number of H-pyrrole nitrogens is 2. The van der Waals surface area contributed by atoms with Gasteiger partial charge in [0.15, 0.2) is 0 Å². The molecule has 0 radical (unpaired) electrons. The first-order valence-corrected chi connectivity index (χ1v) is 25.9. The third-order valence-electron chi connectivity index (χ3n) is 13.6. The zero-order chi connectivity index (χ0) is 56.5. The van der Waals surface area contributed by atoms with Crippen molar-refractivity contribution in [1.82, 2.24) is 39.9 Å².